The molecule has 0 saturated heterocycles. The predicted molar refractivity (Wildman–Crippen MR) is 235 cm³/mol. The van der Waals surface area contributed by atoms with Crippen molar-refractivity contribution in [1.29, 1.82) is 0 Å². The summed E-state index contributed by atoms with van der Waals surface area (Å²) in [6, 6.07) is -1.53. The van der Waals surface area contributed by atoms with E-state index < -0.39 is 51.1 Å². The summed E-state index contributed by atoms with van der Waals surface area (Å²) >= 11 is 0. The van der Waals surface area contributed by atoms with Crippen LogP contribution >= 0.6 is 7.82 Å². The normalized spacial score (nSPS) is 14.3. The number of nitrogens with two attached hydrogens (primary N) is 1. The van der Waals surface area contributed by atoms with Gasteiger partial charge < -0.3 is 25.2 Å². The summed E-state index contributed by atoms with van der Waals surface area (Å²) in [6.45, 7) is 2.59. The number of hydrogen-bond donors (Lipinski definition) is 3. The van der Waals surface area contributed by atoms with Crippen molar-refractivity contribution >= 4 is 25.7 Å². The molecule has 0 aromatic heterocycles. The Balaban J connectivity index is 4.33. The van der Waals surface area contributed by atoms with Gasteiger partial charge in [0, 0.05) is 12.8 Å². The molecule has 0 amide bonds. The van der Waals surface area contributed by atoms with Crippen molar-refractivity contribution in [3.8, 4) is 0 Å². The lowest BCUT2D eigenvalue weighted by Gasteiger charge is -2.20. The maximum Gasteiger partial charge on any atom is 0.472 e. The summed E-state index contributed by atoms with van der Waals surface area (Å²) in [5, 5.41) is 8.88. The number of aliphatic carboxylic acids is 1. The molecule has 0 aliphatic heterocycles. The van der Waals surface area contributed by atoms with Crippen LogP contribution in [0.5, 0.6) is 0 Å². The van der Waals surface area contributed by atoms with E-state index in [0.29, 0.717) is 19.3 Å². The average Bonchev–Trinajstić information content (AvgIpc) is 3.20. The number of ether oxygens (including phenoxy) is 2. The Morgan fingerprint density at radius 3 is 1.43 bits per heavy atom. The van der Waals surface area contributed by atoms with Crippen molar-refractivity contribution in [1.82, 2.24) is 0 Å². The van der Waals surface area contributed by atoms with Crippen LogP contribution in [0, 0.1) is 0 Å². The molecule has 0 bridgehead atoms. The largest absolute Gasteiger partial charge is 0.480 e. The molecular formula is C46H80NO10P. The fourth-order valence-electron chi connectivity index (χ4n) is 5.92. The van der Waals surface area contributed by atoms with Gasteiger partial charge in [-0.05, 0) is 25.7 Å². The number of esters is 2. The molecule has 0 fully saturated rings. The lowest BCUT2D eigenvalue weighted by molar-refractivity contribution is -0.161. The summed E-state index contributed by atoms with van der Waals surface area (Å²) in [7, 11) is -4.74. The maximum absolute atomic E-state index is 12.6. The summed E-state index contributed by atoms with van der Waals surface area (Å²) in [4.78, 5) is 45.9. The molecule has 0 aliphatic rings. The van der Waals surface area contributed by atoms with Crippen LogP contribution in [0.2, 0.25) is 0 Å². The van der Waals surface area contributed by atoms with Crippen molar-refractivity contribution in [2.75, 3.05) is 19.8 Å². The van der Waals surface area contributed by atoms with Gasteiger partial charge in [-0.25, -0.2) is 4.57 Å². The first kappa shape index (κ1) is 55.2. The van der Waals surface area contributed by atoms with E-state index in [2.05, 4.69) is 24.4 Å². The van der Waals surface area contributed by atoms with Gasteiger partial charge in [-0.2, -0.15) is 0 Å². The molecule has 4 N–H and O–H groups in total. The highest BCUT2D eigenvalue weighted by atomic mass is 31.2. The third kappa shape index (κ3) is 40.0. The molecule has 0 saturated carbocycles. The highest BCUT2D eigenvalue weighted by Gasteiger charge is 2.28. The quantitative estimate of drug-likeness (QED) is 0.0231. The number of carbonyl (C=O) groups excluding carboxylic acids is 2. The molecule has 0 heterocycles. The lowest BCUT2D eigenvalue weighted by atomic mass is 10.0. The summed E-state index contributed by atoms with van der Waals surface area (Å²) in [5.41, 5.74) is 5.32. The Bertz CT molecular complexity index is 1210. The van der Waals surface area contributed by atoms with E-state index in [-0.39, 0.29) is 19.4 Å². The zero-order valence-corrected chi connectivity index (χ0v) is 37.0. The Morgan fingerprint density at radius 1 is 0.552 bits per heavy atom. The molecule has 3 atom stereocenters. The minimum Gasteiger partial charge on any atom is -0.480 e. The Morgan fingerprint density at radius 2 is 0.966 bits per heavy atom. The number of allylic oxidation sites excluding steroid dienone is 10. The summed E-state index contributed by atoms with van der Waals surface area (Å²) in [6.07, 6.45) is 47.4. The van der Waals surface area contributed by atoms with E-state index in [4.69, 9.17) is 24.8 Å². The Kier molecular flexibility index (Phi) is 38.9. The molecular weight excluding hydrogens is 757 g/mol. The second-order valence-electron chi connectivity index (χ2n) is 14.9. The first-order valence-electron chi connectivity index (χ1n) is 22.4. The van der Waals surface area contributed by atoms with Crippen molar-refractivity contribution in [2.45, 2.75) is 193 Å². The number of carbonyl (C=O) groups is 3. The lowest BCUT2D eigenvalue weighted by Crippen LogP contribution is -2.34. The molecule has 0 aliphatic carbocycles. The number of carboxylic acids is 1. The van der Waals surface area contributed by atoms with Crippen molar-refractivity contribution < 1.29 is 47.5 Å². The van der Waals surface area contributed by atoms with Crippen LogP contribution in [-0.4, -0.2) is 59.9 Å². The molecule has 0 spiro atoms. The van der Waals surface area contributed by atoms with E-state index in [9.17, 15) is 23.8 Å². The molecule has 11 nitrogen and oxygen atoms in total. The first-order chi connectivity index (χ1) is 28.1. The van der Waals surface area contributed by atoms with Crippen LogP contribution in [0.1, 0.15) is 181 Å². The van der Waals surface area contributed by atoms with Gasteiger partial charge in [0.15, 0.2) is 6.10 Å². The van der Waals surface area contributed by atoms with Crippen molar-refractivity contribution in [3.63, 3.8) is 0 Å². The van der Waals surface area contributed by atoms with Crippen LogP contribution in [-0.2, 0) is 37.5 Å². The van der Waals surface area contributed by atoms with E-state index >= 15 is 0 Å². The van der Waals surface area contributed by atoms with Gasteiger partial charge >= 0.3 is 25.7 Å². The summed E-state index contributed by atoms with van der Waals surface area (Å²) in [5.74, 6) is -2.47. The molecule has 334 valence electrons. The van der Waals surface area contributed by atoms with Gasteiger partial charge in [0.1, 0.15) is 12.6 Å². The third-order valence-corrected chi connectivity index (χ3v) is 10.4. The predicted octanol–water partition coefficient (Wildman–Crippen LogP) is 12.0. The number of phosphoric ester groups is 1. The summed E-state index contributed by atoms with van der Waals surface area (Å²) < 4.78 is 32.6. The van der Waals surface area contributed by atoms with E-state index in [1.807, 2.05) is 54.7 Å². The minimum absolute atomic E-state index is 0.0642. The van der Waals surface area contributed by atoms with Gasteiger partial charge in [-0.15, -0.1) is 0 Å². The van der Waals surface area contributed by atoms with Crippen LogP contribution < -0.4 is 5.73 Å². The Hall–Kier alpha value is -2.82. The third-order valence-electron chi connectivity index (χ3n) is 9.41. The number of phosphoric acid groups is 1. The zero-order valence-electron chi connectivity index (χ0n) is 36.1. The average molecular weight is 838 g/mol. The highest BCUT2D eigenvalue weighted by molar-refractivity contribution is 7.47. The van der Waals surface area contributed by atoms with Crippen molar-refractivity contribution in [2.24, 2.45) is 5.73 Å². The molecule has 0 aromatic rings. The monoisotopic (exact) mass is 838 g/mol. The Labute approximate surface area is 351 Å². The molecule has 0 rings (SSSR count). The molecule has 12 heteroatoms. The van der Waals surface area contributed by atoms with Gasteiger partial charge in [0.05, 0.1) is 13.2 Å². The van der Waals surface area contributed by atoms with Gasteiger partial charge in [0.25, 0.3) is 0 Å². The van der Waals surface area contributed by atoms with Crippen molar-refractivity contribution in [3.05, 3.63) is 60.8 Å². The fraction of sp³-hybridized carbons (Fsp3) is 0.717. The standard InChI is InChI=1S/C46H80NO10P/c1-3-5-7-9-11-13-15-17-18-19-20-21-22-23-24-26-27-29-31-33-35-37-44(48)54-39-42(40-55-58(52,53)56-41-43(47)46(50)51)57-45(49)38-36-34-32-30-28-25-16-14-12-10-8-6-4-2/h6,8,10,12,14,16,25,28,30,32,42-43H,3-5,7,9,11,13,15,17-24,26-27,29,31,33-41,47H2,1-2H3,(H,50,51)(H,52,53)/b8-6+,12-10+,16-14+,28-25+,32-30+/t42?,43-/m0/s1. The SMILES string of the molecule is CC/C=C/C=C/C=C/C=C/C=C/CCCC(=O)OC(COC(=O)CCCCCCCCCCCCCCCCCCCCCCC)COP(=O)(O)OC[C@H](N)C(=O)O. The molecule has 0 radical (unpaired) electrons. The topological polar surface area (TPSA) is 172 Å². The number of carboxylic acid groups (broad SMARTS) is 1. The van der Waals surface area contributed by atoms with Gasteiger partial charge in [-0.3, -0.25) is 23.4 Å². The van der Waals surface area contributed by atoms with Crippen LogP contribution in [0.3, 0.4) is 0 Å². The second-order valence-corrected chi connectivity index (χ2v) is 16.4. The van der Waals surface area contributed by atoms with E-state index in [1.165, 1.54) is 109 Å². The fourth-order valence-corrected chi connectivity index (χ4v) is 6.70. The van der Waals surface area contributed by atoms with Crippen LogP contribution in [0.25, 0.3) is 0 Å². The van der Waals surface area contributed by atoms with E-state index in [1.54, 1.807) is 0 Å². The zero-order chi connectivity index (χ0) is 42.8. The number of hydrogen-bond acceptors (Lipinski definition) is 9. The maximum atomic E-state index is 12.6. The minimum atomic E-state index is -4.74. The second kappa shape index (κ2) is 40.9. The first-order valence-corrected chi connectivity index (χ1v) is 23.9. The smallest absolute Gasteiger partial charge is 0.472 e. The van der Waals surface area contributed by atoms with Crippen LogP contribution in [0.15, 0.2) is 60.8 Å². The van der Waals surface area contributed by atoms with E-state index in [0.717, 1.165) is 25.7 Å². The molecule has 58 heavy (non-hydrogen) atoms. The molecule has 0 aromatic carbocycles. The molecule has 2 unspecified atom stereocenters. The van der Waals surface area contributed by atoms with Gasteiger partial charge in [-0.1, -0.05) is 203 Å². The number of unbranched alkanes of at least 4 members (excludes halogenated alkanes) is 21. The van der Waals surface area contributed by atoms with Crippen LogP contribution in [0.4, 0.5) is 0 Å². The van der Waals surface area contributed by atoms with Gasteiger partial charge in [0.2, 0.25) is 0 Å². The number of rotatable bonds is 41. The highest BCUT2D eigenvalue weighted by Crippen LogP contribution is 2.43.